The number of nitrogens with one attached hydrogen (secondary N) is 1. The molecule has 14 heavy (non-hydrogen) atoms. The summed E-state index contributed by atoms with van der Waals surface area (Å²) in [6.45, 7) is 0. The van der Waals surface area contributed by atoms with Crippen LogP contribution in [0.15, 0.2) is 18.3 Å². The normalized spacial score (nSPS) is 11.1. The van der Waals surface area contributed by atoms with Gasteiger partial charge in [0.05, 0.1) is 5.02 Å². The van der Waals surface area contributed by atoms with Gasteiger partial charge in [-0.25, -0.2) is 4.98 Å². The van der Waals surface area contributed by atoms with Crippen molar-refractivity contribution < 1.29 is 4.79 Å². The third-order valence-electron chi connectivity index (χ3n) is 1.23. The van der Waals surface area contributed by atoms with E-state index in [9.17, 15) is 4.79 Å². The fourth-order valence-electron chi connectivity index (χ4n) is 0.637. The smallest absolute Gasteiger partial charge is 0.277 e. The Morgan fingerprint density at radius 2 is 2.00 bits per heavy atom. The lowest BCUT2D eigenvalue weighted by atomic mass is 10.4. The van der Waals surface area contributed by atoms with Crippen molar-refractivity contribution in [3.05, 3.63) is 23.4 Å². The number of aromatic nitrogens is 1. The summed E-state index contributed by atoms with van der Waals surface area (Å²) in [4.78, 5) is 14.9. The number of hydrogen-bond donors (Lipinski definition) is 1. The average molecular weight is 274 g/mol. The summed E-state index contributed by atoms with van der Waals surface area (Å²) < 4.78 is -2.00. The summed E-state index contributed by atoms with van der Waals surface area (Å²) in [6.07, 6.45) is 1.37. The molecule has 0 fully saturated rings. The highest BCUT2D eigenvalue weighted by Gasteiger charge is 2.30. The third kappa shape index (κ3) is 3.50. The van der Waals surface area contributed by atoms with Gasteiger partial charge in [-0.3, -0.25) is 4.79 Å². The lowest BCUT2D eigenvalue weighted by Crippen LogP contribution is -2.27. The Kier molecular flexibility index (Phi) is 3.84. The molecule has 1 aromatic heterocycles. The fraction of sp³-hybridized carbons (Fsp3) is 0.143. The van der Waals surface area contributed by atoms with Crippen molar-refractivity contribution in [2.75, 3.05) is 5.32 Å². The SMILES string of the molecule is O=C(Nc1ccc(Cl)cn1)C(Cl)(Cl)Cl. The first-order valence-electron chi connectivity index (χ1n) is 3.39. The zero-order chi connectivity index (χ0) is 10.8. The molecule has 76 valence electrons. The van der Waals surface area contributed by atoms with Crippen LogP contribution in [0.4, 0.5) is 5.82 Å². The van der Waals surface area contributed by atoms with Crippen molar-refractivity contribution in [2.45, 2.75) is 3.79 Å². The number of halogens is 4. The van der Waals surface area contributed by atoms with E-state index >= 15 is 0 Å². The van der Waals surface area contributed by atoms with Crippen molar-refractivity contribution >= 4 is 58.1 Å². The van der Waals surface area contributed by atoms with E-state index in [0.29, 0.717) is 5.02 Å². The van der Waals surface area contributed by atoms with Crippen LogP contribution in [0.1, 0.15) is 0 Å². The van der Waals surface area contributed by atoms with Crippen molar-refractivity contribution in [1.29, 1.82) is 0 Å². The van der Waals surface area contributed by atoms with Crippen LogP contribution in [0.25, 0.3) is 0 Å². The van der Waals surface area contributed by atoms with E-state index in [0.717, 1.165) is 0 Å². The molecular formula is C7H4Cl4N2O. The first-order valence-corrected chi connectivity index (χ1v) is 4.90. The number of amides is 1. The molecule has 0 aliphatic rings. The van der Waals surface area contributed by atoms with Crippen LogP contribution >= 0.6 is 46.4 Å². The highest BCUT2D eigenvalue weighted by Crippen LogP contribution is 2.27. The maximum atomic E-state index is 11.1. The van der Waals surface area contributed by atoms with E-state index in [4.69, 9.17) is 46.4 Å². The zero-order valence-corrected chi connectivity index (χ0v) is 9.62. The molecule has 1 amide bonds. The first kappa shape index (κ1) is 11.9. The van der Waals surface area contributed by atoms with Crippen LogP contribution in [0.5, 0.6) is 0 Å². The molecule has 1 heterocycles. The molecule has 0 aliphatic heterocycles. The summed E-state index contributed by atoms with van der Waals surface area (Å²) in [5, 5.41) is 2.76. The van der Waals surface area contributed by atoms with E-state index in [1.54, 1.807) is 6.07 Å². The Morgan fingerprint density at radius 3 is 2.43 bits per heavy atom. The van der Waals surface area contributed by atoms with Gasteiger partial charge in [-0.2, -0.15) is 0 Å². The van der Waals surface area contributed by atoms with Gasteiger partial charge in [-0.1, -0.05) is 46.4 Å². The molecule has 0 saturated heterocycles. The van der Waals surface area contributed by atoms with Gasteiger partial charge in [0, 0.05) is 6.20 Å². The number of nitrogens with zero attached hydrogens (tertiary/aromatic N) is 1. The van der Waals surface area contributed by atoms with Gasteiger partial charge in [-0.15, -0.1) is 0 Å². The van der Waals surface area contributed by atoms with Crippen LogP contribution in [-0.2, 0) is 4.79 Å². The standard InChI is InChI=1S/C7H4Cl4N2O/c8-4-1-2-5(12-3-4)13-6(14)7(9,10)11/h1-3H,(H,12,13,14). The quantitative estimate of drug-likeness (QED) is 0.799. The molecule has 1 aromatic rings. The summed E-state index contributed by atoms with van der Waals surface area (Å²) in [6, 6.07) is 3.05. The third-order valence-corrected chi connectivity index (χ3v) is 1.96. The number of anilines is 1. The minimum Gasteiger partial charge on any atom is -0.307 e. The Bertz CT molecular complexity index is 333. The van der Waals surface area contributed by atoms with Crippen LogP contribution < -0.4 is 5.32 Å². The number of alkyl halides is 3. The van der Waals surface area contributed by atoms with Gasteiger partial charge in [0.25, 0.3) is 9.70 Å². The van der Waals surface area contributed by atoms with Gasteiger partial charge < -0.3 is 5.32 Å². The maximum absolute atomic E-state index is 11.1. The molecule has 0 aromatic carbocycles. The molecule has 0 unspecified atom stereocenters. The van der Waals surface area contributed by atoms with E-state index < -0.39 is 9.70 Å². The monoisotopic (exact) mass is 272 g/mol. The van der Waals surface area contributed by atoms with Crippen LogP contribution in [0.2, 0.25) is 5.02 Å². The molecule has 1 N–H and O–H groups in total. The second-order valence-electron chi connectivity index (χ2n) is 2.31. The number of rotatable bonds is 1. The van der Waals surface area contributed by atoms with E-state index in [-0.39, 0.29) is 5.82 Å². The molecule has 3 nitrogen and oxygen atoms in total. The zero-order valence-electron chi connectivity index (χ0n) is 6.60. The first-order chi connectivity index (χ1) is 6.39. The van der Waals surface area contributed by atoms with Crippen molar-refractivity contribution in [3.8, 4) is 0 Å². The maximum Gasteiger partial charge on any atom is 0.277 e. The molecule has 0 saturated carbocycles. The molecule has 0 spiro atoms. The highest BCUT2D eigenvalue weighted by molar-refractivity contribution is 6.76. The predicted molar refractivity (Wildman–Crippen MR) is 58.2 cm³/mol. The minimum absolute atomic E-state index is 0.269. The molecule has 0 aliphatic carbocycles. The van der Waals surface area contributed by atoms with Crippen molar-refractivity contribution in [3.63, 3.8) is 0 Å². The summed E-state index contributed by atoms with van der Waals surface area (Å²) in [5.41, 5.74) is 0. The lowest BCUT2D eigenvalue weighted by Gasteiger charge is -2.10. The molecule has 0 bridgehead atoms. The number of carbonyl (C=O) groups is 1. The Labute approximate surface area is 100 Å². The topological polar surface area (TPSA) is 42.0 Å². The van der Waals surface area contributed by atoms with Crippen LogP contribution in [0.3, 0.4) is 0 Å². The number of pyridine rings is 1. The average Bonchev–Trinajstić information content (AvgIpc) is 2.07. The fourth-order valence-corrected chi connectivity index (χ4v) is 0.890. The summed E-state index contributed by atoms with van der Waals surface area (Å²) in [5.74, 6) is -0.497. The van der Waals surface area contributed by atoms with E-state index in [1.807, 2.05) is 0 Å². The number of hydrogen-bond acceptors (Lipinski definition) is 2. The molecule has 1 rings (SSSR count). The van der Waals surface area contributed by atoms with Gasteiger partial charge in [0.2, 0.25) is 0 Å². The Balaban J connectivity index is 2.71. The summed E-state index contributed by atoms with van der Waals surface area (Å²) >= 11 is 21.6. The Hall–Kier alpha value is -0.220. The lowest BCUT2D eigenvalue weighted by molar-refractivity contribution is -0.115. The van der Waals surface area contributed by atoms with E-state index in [1.165, 1.54) is 12.3 Å². The molecular weight excluding hydrogens is 270 g/mol. The van der Waals surface area contributed by atoms with Crippen LogP contribution in [0, 0.1) is 0 Å². The summed E-state index contributed by atoms with van der Waals surface area (Å²) in [7, 11) is 0. The second-order valence-corrected chi connectivity index (χ2v) is 5.03. The molecule has 0 atom stereocenters. The largest absolute Gasteiger partial charge is 0.307 e. The predicted octanol–water partition coefficient (Wildman–Crippen LogP) is 3.04. The van der Waals surface area contributed by atoms with Crippen molar-refractivity contribution in [1.82, 2.24) is 4.98 Å². The van der Waals surface area contributed by atoms with Gasteiger partial charge in [-0.05, 0) is 12.1 Å². The van der Waals surface area contributed by atoms with Crippen LogP contribution in [-0.4, -0.2) is 14.7 Å². The Morgan fingerprint density at radius 1 is 1.36 bits per heavy atom. The molecule has 0 radical (unpaired) electrons. The van der Waals surface area contributed by atoms with Gasteiger partial charge >= 0.3 is 0 Å². The van der Waals surface area contributed by atoms with Gasteiger partial charge in [0.15, 0.2) is 0 Å². The van der Waals surface area contributed by atoms with Gasteiger partial charge in [0.1, 0.15) is 5.82 Å². The number of carbonyl (C=O) groups excluding carboxylic acids is 1. The minimum atomic E-state index is -2.00. The van der Waals surface area contributed by atoms with Crippen molar-refractivity contribution in [2.24, 2.45) is 0 Å². The highest BCUT2D eigenvalue weighted by atomic mass is 35.6. The second kappa shape index (κ2) is 4.53. The molecule has 7 heteroatoms. The van der Waals surface area contributed by atoms with E-state index in [2.05, 4.69) is 10.3 Å².